The largest absolute Gasteiger partial charge is 0.508 e. The van der Waals surface area contributed by atoms with E-state index in [0.717, 1.165) is 0 Å². The number of primary amides is 1. The van der Waals surface area contributed by atoms with E-state index in [1.807, 2.05) is 0 Å². The van der Waals surface area contributed by atoms with E-state index < -0.39 is 86.2 Å². The standard InChI is InChI=1S/C23H24BrN3O9/c1-6-7-4-5-8(26-22(24)35)15(28)10(7)16(29)11-9(6)17(30)13-14(27(2)3)18(31)12(21(25)34)20(33)23(13,36)19(11)32/h4-6,9,13-14,17,28-30,33,36H,1-3H3,(H2,25,34)(H,26,35)/t6-,9+,13+,14-,17-,23-/m0/s1. The number of aromatic hydroxyl groups is 1. The van der Waals surface area contributed by atoms with E-state index in [1.54, 1.807) is 6.92 Å². The van der Waals surface area contributed by atoms with Crippen LogP contribution in [0.1, 0.15) is 24.0 Å². The van der Waals surface area contributed by atoms with Crippen LogP contribution in [-0.2, 0) is 14.4 Å². The van der Waals surface area contributed by atoms with E-state index in [1.165, 1.54) is 31.1 Å². The molecular weight excluding hydrogens is 542 g/mol. The van der Waals surface area contributed by atoms with Gasteiger partial charge in [0.25, 0.3) is 10.7 Å². The summed E-state index contributed by atoms with van der Waals surface area (Å²) in [5.74, 6) is -9.82. The Hall–Kier alpha value is -3.26. The Morgan fingerprint density at radius 1 is 1.17 bits per heavy atom. The predicted octanol–water partition coefficient (Wildman–Crippen LogP) is 0.423. The van der Waals surface area contributed by atoms with Gasteiger partial charge in [-0.05, 0) is 31.6 Å². The van der Waals surface area contributed by atoms with Crippen molar-refractivity contribution in [1.82, 2.24) is 4.90 Å². The van der Waals surface area contributed by atoms with Crippen LogP contribution >= 0.6 is 15.9 Å². The number of rotatable bonds is 3. The van der Waals surface area contributed by atoms with Gasteiger partial charge in [0.2, 0.25) is 5.78 Å². The summed E-state index contributed by atoms with van der Waals surface area (Å²) in [6.07, 6.45) is -1.68. The fourth-order valence-electron chi connectivity index (χ4n) is 5.82. The summed E-state index contributed by atoms with van der Waals surface area (Å²) in [7, 11) is 2.86. The number of aliphatic hydroxyl groups is 4. The molecule has 0 aliphatic heterocycles. The van der Waals surface area contributed by atoms with Gasteiger partial charge in [0.1, 0.15) is 22.8 Å². The molecule has 192 valence electrons. The first kappa shape index (κ1) is 25.8. The smallest absolute Gasteiger partial charge is 0.291 e. The minimum absolute atomic E-state index is 0.0940. The maximum atomic E-state index is 13.8. The van der Waals surface area contributed by atoms with Crippen LogP contribution in [0.4, 0.5) is 10.5 Å². The first-order valence-electron chi connectivity index (χ1n) is 10.8. The maximum absolute atomic E-state index is 13.8. The van der Waals surface area contributed by atoms with E-state index in [2.05, 4.69) is 21.2 Å². The van der Waals surface area contributed by atoms with Crippen molar-refractivity contribution in [3.05, 3.63) is 40.2 Å². The van der Waals surface area contributed by atoms with Crippen LogP contribution in [0.3, 0.4) is 0 Å². The fraction of sp³-hybridized carbons (Fsp3) is 0.391. The molecule has 1 saturated carbocycles. The highest BCUT2D eigenvalue weighted by Crippen LogP contribution is 2.56. The first-order valence-corrected chi connectivity index (χ1v) is 11.6. The third-order valence-corrected chi connectivity index (χ3v) is 7.56. The number of hydrogen-bond donors (Lipinski definition) is 7. The summed E-state index contributed by atoms with van der Waals surface area (Å²) >= 11 is 2.67. The third kappa shape index (κ3) is 3.23. The molecule has 4 rings (SSSR count). The van der Waals surface area contributed by atoms with Crippen molar-refractivity contribution in [3.63, 3.8) is 0 Å². The quantitative estimate of drug-likeness (QED) is 0.116. The Kier molecular flexibility index (Phi) is 6.03. The molecule has 0 heterocycles. The molecule has 2 amide bonds. The van der Waals surface area contributed by atoms with Gasteiger partial charge in [0.05, 0.1) is 29.3 Å². The number of carbonyl (C=O) groups excluding carboxylic acids is 4. The minimum atomic E-state index is -2.99. The molecule has 0 aromatic heterocycles. The fourth-order valence-corrected chi connectivity index (χ4v) is 6.04. The SMILES string of the molecule is C[C@H]1c2ccc(NC(=O)Br)c(O)c2C(O)=C2C(=O)[C@]3(O)C(O)=C(C(N)=O)C(=O)[C@@H](N(C)C)[C@@H]3[C@@H](O)[C@@H]21. The Morgan fingerprint density at radius 3 is 2.31 bits per heavy atom. The Bertz CT molecular complexity index is 1300. The highest BCUT2D eigenvalue weighted by Gasteiger charge is 2.68. The second-order valence-electron chi connectivity index (χ2n) is 9.37. The van der Waals surface area contributed by atoms with Crippen molar-refractivity contribution in [2.24, 2.45) is 17.6 Å². The van der Waals surface area contributed by atoms with Crippen LogP contribution in [-0.4, -0.2) is 84.6 Å². The number of aliphatic hydroxyl groups excluding tert-OH is 3. The molecule has 12 nitrogen and oxygen atoms in total. The maximum Gasteiger partial charge on any atom is 0.291 e. The number of amides is 2. The lowest BCUT2D eigenvalue weighted by atomic mass is 9.54. The van der Waals surface area contributed by atoms with Gasteiger partial charge in [0, 0.05) is 27.4 Å². The average molecular weight is 566 g/mol. The molecule has 0 bridgehead atoms. The summed E-state index contributed by atoms with van der Waals surface area (Å²) in [5.41, 5.74) is 0.807. The molecule has 0 radical (unpaired) electrons. The number of nitrogens with one attached hydrogen (secondary N) is 1. The normalized spacial score (nSPS) is 31.7. The third-order valence-electron chi connectivity index (χ3n) is 7.36. The molecule has 0 unspecified atom stereocenters. The van der Waals surface area contributed by atoms with Crippen LogP contribution in [0, 0.1) is 11.8 Å². The second-order valence-corrected chi connectivity index (χ2v) is 10.1. The lowest BCUT2D eigenvalue weighted by Gasteiger charge is -2.53. The van der Waals surface area contributed by atoms with E-state index >= 15 is 0 Å². The number of phenols is 1. The molecule has 0 spiro atoms. The van der Waals surface area contributed by atoms with E-state index in [0.29, 0.717) is 5.56 Å². The molecule has 1 aromatic carbocycles. The number of halogens is 1. The molecule has 1 aromatic rings. The number of benzene rings is 1. The molecule has 6 atom stereocenters. The van der Waals surface area contributed by atoms with Crippen molar-refractivity contribution >= 4 is 49.7 Å². The van der Waals surface area contributed by atoms with Crippen molar-refractivity contribution in [1.29, 1.82) is 0 Å². The molecule has 36 heavy (non-hydrogen) atoms. The number of Topliss-reactive ketones (excluding diaryl/α,β-unsaturated/α-hetero) is 2. The molecule has 3 aliphatic carbocycles. The topological polar surface area (TPSA) is 211 Å². The number of ketones is 2. The van der Waals surface area contributed by atoms with Crippen molar-refractivity contribution < 1.29 is 44.7 Å². The zero-order chi connectivity index (χ0) is 27.0. The number of likely N-dealkylation sites (N-methyl/N-ethyl adjacent to an activating group) is 1. The number of anilines is 1. The summed E-state index contributed by atoms with van der Waals surface area (Å²) < 4.78 is 0. The van der Waals surface area contributed by atoms with Gasteiger partial charge in [-0.1, -0.05) is 13.0 Å². The van der Waals surface area contributed by atoms with Crippen molar-refractivity contribution in [3.8, 4) is 5.75 Å². The highest BCUT2D eigenvalue weighted by atomic mass is 79.9. The predicted molar refractivity (Wildman–Crippen MR) is 128 cm³/mol. The molecule has 1 fully saturated rings. The highest BCUT2D eigenvalue weighted by molar-refractivity contribution is 9.18. The van der Waals surface area contributed by atoms with Crippen molar-refractivity contribution in [2.75, 3.05) is 19.4 Å². The number of nitrogens with zero attached hydrogens (tertiary/aromatic N) is 1. The molecule has 0 saturated heterocycles. The Balaban J connectivity index is 2.04. The molecule has 13 heteroatoms. The first-order chi connectivity index (χ1) is 16.7. The van der Waals surface area contributed by atoms with Gasteiger partial charge in [-0.2, -0.15) is 0 Å². The average Bonchev–Trinajstić information content (AvgIpc) is 2.77. The van der Waals surface area contributed by atoms with Gasteiger partial charge in [-0.3, -0.25) is 24.1 Å². The van der Waals surface area contributed by atoms with Crippen LogP contribution in [0.15, 0.2) is 29.0 Å². The summed E-state index contributed by atoms with van der Waals surface area (Å²) in [6, 6.07) is 1.44. The van der Waals surface area contributed by atoms with Gasteiger partial charge >= 0.3 is 0 Å². The van der Waals surface area contributed by atoms with Crippen LogP contribution in [0.2, 0.25) is 0 Å². The van der Waals surface area contributed by atoms with Crippen LogP contribution in [0.25, 0.3) is 5.76 Å². The van der Waals surface area contributed by atoms with Gasteiger partial charge < -0.3 is 36.6 Å². The molecular formula is C23H24BrN3O9. The Morgan fingerprint density at radius 2 is 1.78 bits per heavy atom. The second kappa shape index (κ2) is 8.40. The number of carbonyl (C=O) groups is 4. The van der Waals surface area contributed by atoms with Gasteiger partial charge in [-0.25, -0.2) is 0 Å². The number of phenolic OH excluding ortho intramolecular Hbond substituents is 1. The van der Waals surface area contributed by atoms with Gasteiger partial charge in [-0.15, -0.1) is 0 Å². The summed E-state index contributed by atoms with van der Waals surface area (Å²) in [4.78, 5) is 51.0. The van der Waals surface area contributed by atoms with E-state index in [4.69, 9.17) is 5.73 Å². The van der Waals surface area contributed by atoms with Crippen LogP contribution < -0.4 is 11.1 Å². The molecule has 3 aliphatic rings. The lowest BCUT2D eigenvalue weighted by Crippen LogP contribution is -2.70. The molecule has 8 N–H and O–H groups in total. The zero-order valence-corrected chi connectivity index (χ0v) is 20.9. The number of hydrogen-bond acceptors (Lipinski definition) is 10. The lowest BCUT2D eigenvalue weighted by molar-refractivity contribution is -0.169. The Labute approximate surface area is 212 Å². The minimum Gasteiger partial charge on any atom is -0.508 e. The van der Waals surface area contributed by atoms with Crippen LogP contribution in [0.5, 0.6) is 5.75 Å². The van der Waals surface area contributed by atoms with Gasteiger partial charge in [0.15, 0.2) is 11.4 Å². The van der Waals surface area contributed by atoms with Crippen molar-refractivity contribution in [2.45, 2.75) is 30.6 Å². The van der Waals surface area contributed by atoms with E-state index in [-0.39, 0.29) is 11.3 Å². The zero-order valence-electron chi connectivity index (χ0n) is 19.3. The monoisotopic (exact) mass is 565 g/mol. The summed E-state index contributed by atoms with van der Waals surface area (Å²) in [5, 5.41) is 58.2. The number of nitrogens with two attached hydrogens (primary N) is 1. The summed E-state index contributed by atoms with van der Waals surface area (Å²) in [6.45, 7) is 1.61. The van der Waals surface area contributed by atoms with E-state index in [9.17, 15) is 44.7 Å². The number of fused-ring (bicyclic) bond motifs is 3.